The third-order valence-electron chi connectivity index (χ3n) is 2.98. The van der Waals surface area contributed by atoms with Gasteiger partial charge in [-0.2, -0.15) is 12.7 Å². The van der Waals surface area contributed by atoms with Crippen molar-refractivity contribution in [2.75, 3.05) is 33.9 Å². The van der Waals surface area contributed by atoms with Gasteiger partial charge in [0.2, 0.25) is 0 Å². The molecule has 0 spiro atoms. The Morgan fingerprint density at radius 1 is 1.41 bits per heavy atom. The lowest BCUT2D eigenvalue weighted by Crippen LogP contribution is -2.48. The van der Waals surface area contributed by atoms with Gasteiger partial charge in [-0.05, 0) is 12.8 Å². The van der Waals surface area contributed by atoms with Crippen LogP contribution in [-0.4, -0.2) is 57.7 Å². The van der Waals surface area contributed by atoms with E-state index in [9.17, 15) is 18.3 Å². The second-order valence-corrected chi connectivity index (χ2v) is 6.28. The molecule has 0 bridgehead atoms. The molecule has 0 aliphatic carbocycles. The molecule has 0 radical (unpaired) electrons. The van der Waals surface area contributed by atoms with Gasteiger partial charge in [-0.1, -0.05) is 0 Å². The van der Waals surface area contributed by atoms with Crippen LogP contribution in [0.1, 0.15) is 12.8 Å². The lowest BCUT2D eigenvalue weighted by molar-refractivity contribution is -0.154. The topological polar surface area (TPSA) is 95.9 Å². The summed E-state index contributed by atoms with van der Waals surface area (Å²) in [5.41, 5.74) is -1.05. The first-order valence-corrected chi connectivity index (χ1v) is 6.72. The number of nitrogens with one attached hydrogen (secondary N) is 1. The monoisotopic (exact) mass is 266 g/mol. The quantitative estimate of drug-likeness (QED) is 0.683. The average Bonchev–Trinajstić information content (AvgIpc) is 2.27. The summed E-state index contributed by atoms with van der Waals surface area (Å²) in [6, 6.07) is 0. The van der Waals surface area contributed by atoms with Crippen molar-refractivity contribution in [2.24, 2.45) is 5.41 Å². The van der Waals surface area contributed by atoms with Crippen LogP contribution in [-0.2, 0) is 19.7 Å². The number of hydrogen-bond acceptors (Lipinski definition) is 4. The second kappa shape index (κ2) is 5.30. The first-order chi connectivity index (χ1) is 7.80. The lowest BCUT2D eigenvalue weighted by Gasteiger charge is -2.33. The van der Waals surface area contributed by atoms with Crippen molar-refractivity contribution in [3.8, 4) is 0 Å². The average molecular weight is 266 g/mol. The van der Waals surface area contributed by atoms with Crippen molar-refractivity contribution in [1.82, 2.24) is 9.03 Å². The van der Waals surface area contributed by atoms with Crippen LogP contribution in [0.5, 0.6) is 0 Å². The molecular weight excluding hydrogens is 248 g/mol. The third-order valence-corrected chi connectivity index (χ3v) is 4.45. The van der Waals surface area contributed by atoms with Gasteiger partial charge in [0.1, 0.15) is 0 Å². The Bertz CT molecular complexity index is 373. The second-order valence-electron chi connectivity index (χ2n) is 4.31. The minimum Gasteiger partial charge on any atom is -0.481 e. The zero-order valence-corrected chi connectivity index (χ0v) is 10.8. The zero-order valence-electron chi connectivity index (χ0n) is 9.97. The molecule has 0 amide bonds. The highest BCUT2D eigenvalue weighted by atomic mass is 32.2. The molecule has 0 atom stereocenters. The standard InChI is InChI=1S/C9H18N2O5S/c1-11(2)17(14,15)10-7-9(8(12)13)3-5-16-6-4-9/h10H,3-7H2,1-2H3,(H,12,13). The summed E-state index contributed by atoms with van der Waals surface area (Å²) < 4.78 is 31.5. The summed E-state index contributed by atoms with van der Waals surface area (Å²) in [7, 11) is -0.813. The summed E-state index contributed by atoms with van der Waals surface area (Å²) >= 11 is 0. The van der Waals surface area contributed by atoms with Gasteiger partial charge < -0.3 is 9.84 Å². The maximum absolute atomic E-state index is 11.5. The van der Waals surface area contributed by atoms with Crippen molar-refractivity contribution in [2.45, 2.75) is 12.8 Å². The van der Waals surface area contributed by atoms with Gasteiger partial charge in [0.15, 0.2) is 0 Å². The summed E-state index contributed by atoms with van der Waals surface area (Å²) in [6.45, 7) is 0.582. The maximum Gasteiger partial charge on any atom is 0.311 e. The number of rotatable bonds is 5. The zero-order chi connectivity index (χ0) is 13.1. The maximum atomic E-state index is 11.5. The van der Waals surface area contributed by atoms with Gasteiger partial charge in [0, 0.05) is 33.9 Å². The molecule has 1 aliphatic rings. The molecule has 17 heavy (non-hydrogen) atoms. The summed E-state index contributed by atoms with van der Waals surface area (Å²) in [5, 5.41) is 9.22. The van der Waals surface area contributed by atoms with Crippen LogP contribution in [0, 0.1) is 5.41 Å². The fourth-order valence-corrected chi connectivity index (χ4v) is 2.30. The van der Waals surface area contributed by atoms with Crippen molar-refractivity contribution < 1.29 is 23.1 Å². The lowest BCUT2D eigenvalue weighted by atomic mass is 9.80. The number of carboxylic acids is 1. The van der Waals surface area contributed by atoms with E-state index in [0.717, 1.165) is 4.31 Å². The molecule has 1 aliphatic heterocycles. The first kappa shape index (κ1) is 14.4. The molecule has 8 heteroatoms. The SMILES string of the molecule is CN(C)S(=O)(=O)NCC1(C(=O)O)CCOCC1. The molecule has 100 valence electrons. The molecule has 0 aromatic carbocycles. The Morgan fingerprint density at radius 3 is 2.35 bits per heavy atom. The number of carboxylic acid groups (broad SMARTS) is 1. The van der Waals surface area contributed by atoms with E-state index in [4.69, 9.17) is 4.74 Å². The molecule has 7 nitrogen and oxygen atoms in total. The van der Waals surface area contributed by atoms with E-state index >= 15 is 0 Å². The van der Waals surface area contributed by atoms with Crippen LogP contribution in [0.4, 0.5) is 0 Å². The van der Waals surface area contributed by atoms with E-state index in [1.165, 1.54) is 14.1 Å². The van der Waals surface area contributed by atoms with Crippen molar-refractivity contribution in [3.63, 3.8) is 0 Å². The van der Waals surface area contributed by atoms with E-state index < -0.39 is 21.6 Å². The number of aliphatic carboxylic acids is 1. The molecule has 1 rings (SSSR count). The molecule has 0 aromatic rings. The Hall–Kier alpha value is -0.700. The van der Waals surface area contributed by atoms with Crippen LogP contribution >= 0.6 is 0 Å². The Balaban J connectivity index is 2.72. The Morgan fingerprint density at radius 2 is 1.94 bits per heavy atom. The number of carbonyl (C=O) groups is 1. The summed E-state index contributed by atoms with van der Waals surface area (Å²) in [6.07, 6.45) is 0.635. The molecule has 0 aromatic heterocycles. The normalized spacial score (nSPS) is 20.4. The number of nitrogens with zero attached hydrogens (tertiary/aromatic N) is 1. The molecular formula is C9H18N2O5S. The Kier molecular flexibility index (Phi) is 4.48. The molecule has 0 unspecified atom stereocenters. The van der Waals surface area contributed by atoms with Gasteiger partial charge in [-0.15, -0.1) is 0 Å². The molecule has 1 heterocycles. The first-order valence-electron chi connectivity index (χ1n) is 5.28. The predicted molar refractivity (Wildman–Crippen MR) is 60.7 cm³/mol. The van der Waals surface area contributed by atoms with Gasteiger partial charge in [0.25, 0.3) is 10.2 Å². The number of ether oxygens (including phenoxy) is 1. The van der Waals surface area contributed by atoms with Crippen molar-refractivity contribution in [1.29, 1.82) is 0 Å². The highest BCUT2D eigenvalue weighted by Crippen LogP contribution is 2.30. The van der Waals surface area contributed by atoms with Gasteiger partial charge in [-0.3, -0.25) is 4.79 Å². The molecule has 0 saturated carbocycles. The van der Waals surface area contributed by atoms with E-state index in [0.29, 0.717) is 26.1 Å². The van der Waals surface area contributed by atoms with Crippen molar-refractivity contribution >= 4 is 16.2 Å². The molecule has 1 fully saturated rings. The van der Waals surface area contributed by atoms with E-state index in [1.807, 2.05) is 0 Å². The molecule has 2 N–H and O–H groups in total. The van der Waals surface area contributed by atoms with Crippen LogP contribution in [0.2, 0.25) is 0 Å². The minimum atomic E-state index is -3.59. The van der Waals surface area contributed by atoms with E-state index in [1.54, 1.807) is 0 Å². The van der Waals surface area contributed by atoms with Crippen molar-refractivity contribution in [3.05, 3.63) is 0 Å². The fourth-order valence-electron chi connectivity index (χ4n) is 1.59. The highest BCUT2D eigenvalue weighted by Gasteiger charge is 2.41. The van der Waals surface area contributed by atoms with Crippen LogP contribution in [0.3, 0.4) is 0 Å². The highest BCUT2D eigenvalue weighted by molar-refractivity contribution is 7.87. The van der Waals surface area contributed by atoms with Gasteiger partial charge in [0.05, 0.1) is 5.41 Å². The Labute approximate surface area is 101 Å². The number of hydrogen-bond donors (Lipinski definition) is 2. The van der Waals surface area contributed by atoms with Crippen LogP contribution in [0.15, 0.2) is 0 Å². The van der Waals surface area contributed by atoms with Crippen LogP contribution < -0.4 is 4.72 Å². The molecule has 1 saturated heterocycles. The smallest absolute Gasteiger partial charge is 0.311 e. The van der Waals surface area contributed by atoms with Crippen LogP contribution in [0.25, 0.3) is 0 Å². The summed E-state index contributed by atoms with van der Waals surface area (Å²) in [4.78, 5) is 11.3. The van der Waals surface area contributed by atoms with E-state index in [2.05, 4.69) is 4.72 Å². The predicted octanol–water partition coefficient (Wildman–Crippen LogP) is -0.736. The van der Waals surface area contributed by atoms with E-state index in [-0.39, 0.29) is 6.54 Å². The van der Waals surface area contributed by atoms with Gasteiger partial charge >= 0.3 is 5.97 Å². The fraction of sp³-hybridized carbons (Fsp3) is 0.889. The third kappa shape index (κ3) is 3.38. The van der Waals surface area contributed by atoms with Gasteiger partial charge in [-0.25, -0.2) is 4.72 Å². The largest absolute Gasteiger partial charge is 0.481 e. The minimum absolute atomic E-state index is 0.105. The summed E-state index contributed by atoms with van der Waals surface area (Å²) in [5.74, 6) is -0.984.